The molecule has 1 aliphatic rings. The quantitative estimate of drug-likeness (QED) is 0.594. The van der Waals surface area contributed by atoms with Crippen LogP contribution in [0.4, 0.5) is 0 Å². The van der Waals surface area contributed by atoms with Crippen LogP contribution in [-0.4, -0.2) is 11.1 Å². The van der Waals surface area contributed by atoms with Gasteiger partial charge in [0.05, 0.1) is 11.6 Å². The summed E-state index contributed by atoms with van der Waals surface area (Å²) in [5.41, 5.74) is 0.494. The van der Waals surface area contributed by atoms with Gasteiger partial charge in [-0.1, -0.05) is 24.4 Å². The fourth-order valence-electron chi connectivity index (χ4n) is 2.13. The Morgan fingerprint density at radius 2 is 1.94 bits per heavy atom. The summed E-state index contributed by atoms with van der Waals surface area (Å²) >= 11 is 5.84. The Balaban J connectivity index is 2.06. The van der Waals surface area contributed by atoms with Crippen molar-refractivity contribution < 1.29 is 4.74 Å². The van der Waals surface area contributed by atoms with E-state index in [1.165, 1.54) is 25.7 Å². The topological polar surface area (TPSA) is 45.9 Å². The number of halogens is 1. The van der Waals surface area contributed by atoms with Crippen LogP contribution in [0.2, 0.25) is 5.15 Å². The molecule has 0 aliphatic heterocycles. The maximum Gasteiger partial charge on any atom is 0.216 e. The zero-order valence-corrected chi connectivity index (χ0v) is 10.4. The van der Waals surface area contributed by atoms with Crippen molar-refractivity contribution in [2.45, 2.75) is 44.6 Å². The lowest BCUT2D eigenvalue weighted by Gasteiger charge is -2.16. The molecule has 0 saturated heterocycles. The van der Waals surface area contributed by atoms with Crippen molar-refractivity contribution in [2.75, 3.05) is 0 Å². The number of hydrogen-bond acceptors (Lipinski definition) is 3. The molecule has 1 aliphatic carbocycles. The Kier molecular flexibility index (Phi) is 4.22. The summed E-state index contributed by atoms with van der Waals surface area (Å²) in [6.07, 6.45) is 7.33. The summed E-state index contributed by atoms with van der Waals surface area (Å²) in [6, 6.07) is 5.25. The van der Waals surface area contributed by atoms with Crippen LogP contribution in [0.5, 0.6) is 5.88 Å². The second-order valence-electron chi connectivity index (χ2n) is 4.36. The average Bonchev–Trinajstić information content (AvgIpc) is 2.57. The second kappa shape index (κ2) is 5.88. The standard InChI is InChI=1S/C13H15ClN2O/c14-12-7-10(9-15)8-13(16-12)17-11-5-3-1-2-4-6-11/h7-8,11H,1-6H2. The van der Waals surface area contributed by atoms with Crippen LogP contribution in [0.15, 0.2) is 12.1 Å². The van der Waals surface area contributed by atoms with Crippen molar-refractivity contribution in [3.05, 3.63) is 22.8 Å². The third-order valence-electron chi connectivity index (χ3n) is 2.99. The van der Waals surface area contributed by atoms with Crippen molar-refractivity contribution in [3.8, 4) is 11.9 Å². The minimum absolute atomic E-state index is 0.218. The lowest BCUT2D eigenvalue weighted by atomic mass is 10.1. The number of nitrogens with zero attached hydrogens (tertiary/aromatic N) is 2. The number of pyridine rings is 1. The minimum atomic E-state index is 0.218. The molecule has 1 aromatic rings. The number of nitriles is 1. The largest absolute Gasteiger partial charge is 0.474 e. The molecule has 0 unspecified atom stereocenters. The van der Waals surface area contributed by atoms with E-state index in [4.69, 9.17) is 21.6 Å². The molecular formula is C13H15ClN2O. The molecule has 0 radical (unpaired) electrons. The predicted molar refractivity (Wildman–Crippen MR) is 66.1 cm³/mol. The Labute approximate surface area is 106 Å². The van der Waals surface area contributed by atoms with Gasteiger partial charge in [-0.2, -0.15) is 5.26 Å². The molecule has 1 saturated carbocycles. The molecule has 3 nitrogen and oxygen atoms in total. The molecule has 2 rings (SSSR count). The van der Waals surface area contributed by atoms with Crippen molar-refractivity contribution in [1.29, 1.82) is 5.26 Å². The minimum Gasteiger partial charge on any atom is -0.474 e. The first-order valence-electron chi connectivity index (χ1n) is 6.02. The van der Waals surface area contributed by atoms with Gasteiger partial charge in [0.1, 0.15) is 11.3 Å². The van der Waals surface area contributed by atoms with Crippen LogP contribution in [0.3, 0.4) is 0 Å². The van der Waals surface area contributed by atoms with Gasteiger partial charge in [0.25, 0.3) is 0 Å². The summed E-state index contributed by atoms with van der Waals surface area (Å²) in [4.78, 5) is 4.10. The molecule has 0 aromatic carbocycles. The van der Waals surface area contributed by atoms with Gasteiger partial charge in [0.2, 0.25) is 5.88 Å². The molecule has 0 bridgehead atoms. The van der Waals surface area contributed by atoms with Crippen molar-refractivity contribution in [2.24, 2.45) is 0 Å². The lowest BCUT2D eigenvalue weighted by molar-refractivity contribution is 0.176. The van der Waals surface area contributed by atoms with Gasteiger partial charge >= 0.3 is 0 Å². The molecule has 0 atom stereocenters. The van der Waals surface area contributed by atoms with Gasteiger partial charge < -0.3 is 4.74 Å². The van der Waals surface area contributed by atoms with Crippen LogP contribution in [0.25, 0.3) is 0 Å². The van der Waals surface area contributed by atoms with E-state index in [1.54, 1.807) is 12.1 Å². The zero-order chi connectivity index (χ0) is 12.1. The number of rotatable bonds is 2. The molecule has 1 heterocycles. The van der Waals surface area contributed by atoms with E-state index < -0.39 is 0 Å². The van der Waals surface area contributed by atoms with Crippen LogP contribution < -0.4 is 4.74 Å². The molecule has 90 valence electrons. The number of ether oxygens (including phenoxy) is 1. The summed E-state index contributed by atoms with van der Waals surface area (Å²) < 4.78 is 5.81. The first-order chi connectivity index (χ1) is 8.28. The van der Waals surface area contributed by atoms with Crippen LogP contribution in [0, 0.1) is 11.3 Å². The number of aromatic nitrogens is 1. The molecule has 4 heteroatoms. The van der Waals surface area contributed by atoms with Crippen molar-refractivity contribution in [1.82, 2.24) is 4.98 Å². The first-order valence-corrected chi connectivity index (χ1v) is 6.40. The highest BCUT2D eigenvalue weighted by Gasteiger charge is 2.14. The van der Waals surface area contributed by atoms with Gasteiger partial charge in [-0.05, 0) is 31.7 Å². The Morgan fingerprint density at radius 1 is 1.24 bits per heavy atom. The predicted octanol–water partition coefficient (Wildman–Crippen LogP) is 3.71. The van der Waals surface area contributed by atoms with E-state index in [0.717, 1.165) is 12.8 Å². The van der Waals surface area contributed by atoms with Crippen LogP contribution in [-0.2, 0) is 0 Å². The smallest absolute Gasteiger partial charge is 0.216 e. The molecule has 17 heavy (non-hydrogen) atoms. The van der Waals surface area contributed by atoms with Gasteiger partial charge in [-0.3, -0.25) is 0 Å². The zero-order valence-electron chi connectivity index (χ0n) is 9.66. The van der Waals surface area contributed by atoms with E-state index in [0.29, 0.717) is 16.6 Å². The molecular weight excluding hydrogens is 236 g/mol. The SMILES string of the molecule is N#Cc1cc(Cl)nc(OC2CCCCCC2)c1. The molecule has 1 fully saturated rings. The third kappa shape index (κ3) is 3.61. The van der Waals surface area contributed by atoms with E-state index in [9.17, 15) is 0 Å². The normalized spacial score (nSPS) is 17.2. The maximum atomic E-state index is 8.85. The molecule has 0 spiro atoms. The van der Waals surface area contributed by atoms with Crippen LogP contribution >= 0.6 is 11.6 Å². The molecule has 1 aromatic heterocycles. The van der Waals surface area contributed by atoms with E-state index in [2.05, 4.69) is 11.1 Å². The summed E-state index contributed by atoms with van der Waals surface area (Å²) in [5, 5.41) is 9.16. The van der Waals surface area contributed by atoms with E-state index in [-0.39, 0.29) is 6.10 Å². The lowest BCUT2D eigenvalue weighted by Crippen LogP contribution is -2.15. The van der Waals surface area contributed by atoms with Crippen molar-refractivity contribution in [3.63, 3.8) is 0 Å². The maximum absolute atomic E-state index is 8.85. The van der Waals surface area contributed by atoms with Gasteiger partial charge in [0.15, 0.2) is 0 Å². The highest BCUT2D eigenvalue weighted by molar-refractivity contribution is 6.29. The average molecular weight is 251 g/mol. The van der Waals surface area contributed by atoms with E-state index in [1.807, 2.05) is 0 Å². The molecule has 0 N–H and O–H groups in total. The fraction of sp³-hybridized carbons (Fsp3) is 0.538. The Morgan fingerprint density at radius 3 is 2.59 bits per heavy atom. The highest BCUT2D eigenvalue weighted by Crippen LogP contribution is 2.23. The van der Waals surface area contributed by atoms with Crippen LogP contribution in [0.1, 0.15) is 44.1 Å². The monoisotopic (exact) mass is 250 g/mol. The van der Waals surface area contributed by atoms with Gasteiger partial charge in [-0.25, -0.2) is 4.98 Å². The number of hydrogen-bond donors (Lipinski definition) is 0. The third-order valence-corrected chi connectivity index (χ3v) is 3.18. The Hall–Kier alpha value is -1.27. The van der Waals surface area contributed by atoms with Gasteiger partial charge in [0, 0.05) is 6.07 Å². The summed E-state index contributed by atoms with van der Waals surface area (Å²) in [6.45, 7) is 0. The molecule has 0 amide bonds. The Bertz CT molecular complexity index is 420. The highest BCUT2D eigenvalue weighted by atomic mass is 35.5. The van der Waals surface area contributed by atoms with Crippen molar-refractivity contribution >= 4 is 11.6 Å². The first kappa shape index (κ1) is 12.2. The second-order valence-corrected chi connectivity index (χ2v) is 4.75. The summed E-state index contributed by atoms with van der Waals surface area (Å²) in [5.74, 6) is 0.473. The van der Waals surface area contributed by atoms with E-state index >= 15 is 0 Å². The summed E-state index contributed by atoms with van der Waals surface area (Å²) in [7, 11) is 0. The van der Waals surface area contributed by atoms with Gasteiger partial charge in [-0.15, -0.1) is 0 Å². The fourth-order valence-corrected chi connectivity index (χ4v) is 2.33.